The lowest BCUT2D eigenvalue weighted by molar-refractivity contribution is -0.383. The second-order valence-electron chi connectivity index (χ2n) is 3.86. The molecule has 0 aliphatic heterocycles. The van der Waals surface area contributed by atoms with Gasteiger partial charge in [-0.3, -0.25) is 10.1 Å². The van der Waals surface area contributed by atoms with Crippen molar-refractivity contribution in [1.82, 2.24) is 4.72 Å². The molecule has 1 aromatic rings. The van der Waals surface area contributed by atoms with Gasteiger partial charge in [-0.2, -0.15) is 0 Å². The van der Waals surface area contributed by atoms with Crippen LogP contribution in [0.2, 0.25) is 0 Å². The number of anilines is 1. The molecule has 0 aliphatic rings. The van der Waals surface area contributed by atoms with Gasteiger partial charge in [0.2, 0.25) is 0 Å². The number of hydrazine groups is 1. The van der Waals surface area contributed by atoms with E-state index in [1.54, 1.807) is 6.92 Å². The third-order valence-corrected chi connectivity index (χ3v) is 5.51. The molecule has 0 spiro atoms. The fourth-order valence-corrected chi connectivity index (χ4v) is 4.00. The fourth-order valence-electron chi connectivity index (χ4n) is 1.44. The number of ether oxygens (including phenoxy) is 1. The molecule has 0 radical (unpaired) electrons. The van der Waals surface area contributed by atoms with E-state index in [0.717, 1.165) is 6.07 Å². The van der Waals surface area contributed by atoms with E-state index in [1.807, 2.05) is 0 Å². The number of hydrogen-bond acceptors (Lipinski definition) is 8. The van der Waals surface area contributed by atoms with Crippen LogP contribution in [0.3, 0.4) is 0 Å². The standard InChI is InChI=1S/C9H16N4O5S2/c1-3-6(5-18-2)12-20(16,17)8-4-7(13(14)15)9(11-10)19-8/h4,6,11-12H,3,5,10H2,1-2H3. The van der Waals surface area contributed by atoms with Gasteiger partial charge < -0.3 is 10.2 Å². The van der Waals surface area contributed by atoms with Crippen LogP contribution in [-0.2, 0) is 14.8 Å². The smallest absolute Gasteiger partial charge is 0.306 e. The molecule has 0 saturated heterocycles. The van der Waals surface area contributed by atoms with Gasteiger partial charge in [-0.1, -0.05) is 18.3 Å². The molecule has 114 valence electrons. The summed E-state index contributed by atoms with van der Waals surface area (Å²) in [6, 6.07) is 0.572. The van der Waals surface area contributed by atoms with Crippen molar-refractivity contribution in [3.63, 3.8) is 0 Å². The summed E-state index contributed by atoms with van der Waals surface area (Å²) in [6.07, 6.45) is 0.530. The number of thiophene rings is 1. The van der Waals surface area contributed by atoms with E-state index >= 15 is 0 Å². The van der Waals surface area contributed by atoms with Crippen molar-refractivity contribution in [3.05, 3.63) is 16.2 Å². The highest BCUT2D eigenvalue weighted by atomic mass is 32.2. The third kappa shape index (κ3) is 3.86. The molecule has 0 saturated carbocycles. The molecule has 1 atom stereocenters. The largest absolute Gasteiger partial charge is 0.383 e. The number of hydrogen-bond donors (Lipinski definition) is 3. The average molecular weight is 324 g/mol. The summed E-state index contributed by atoms with van der Waals surface area (Å²) in [6.45, 7) is 2.02. The predicted molar refractivity (Wildman–Crippen MR) is 75.1 cm³/mol. The Bertz CT molecular complexity index is 571. The van der Waals surface area contributed by atoms with Gasteiger partial charge in [0.1, 0.15) is 4.21 Å². The van der Waals surface area contributed by atoms with Crippen molar-refractivity contribution in [1.29, 1.82) is 0 Å². The number of sulfonamides is 1. The van der Waals surface area contributed by atoms with Crippen LogP contribution >= 0.6 is 11.3 Å². The molecule has 1 heterocycles. The minimum absolute atomic E-state index is 0.0184. The van der Waals surface area contributed by atoms with Crippen molar-refractivity contribution in [3.8, 4) is 0 Å². The normalized spacial score (nSPS) is 13.2. The minimum Gasteiger partial charge on any atom is -0.383 e. The third-order valence-electron chi connectivity index (χ3n) is 2.46. The van der Waals surface area contributed by atoms with Gasteiger partial charge in [-0.05, 0) is 6.42 Å². The molecule has 1 unspecified atom stereocenters. The number of nitro groups is 1. The fraction of sp³-hybridized carbons (Fsp3) is 0.556. The summed E-state index contributed by atoms with van der Waals surface area (Å²) >= 11 is 0.696. The van der Waals surface area contributed by atoms with Crippen LogP contribution in [0.1, 0.15) is 13.3 Å². The molecule has 0 aromatic carbocycles. The van der Waals surface area contributed by atoms with E-state index < -0.39 is 21.0 Å². The monoisotopic (exact) mass is 324 g/mol. The zero-order valence-corrected chi connectivity index (χ0v) is 12.6. The number of nitrogens with zero attached hydrogens (tertiary/aromatic N) is 1. The first kappa shape index (κ1) is 16.8. The first-order valence-electron chi connectivity index (χ1n) is 5.61. The molecule has 1 aromatic heterocycles. The van der Waals surface area contributed by atoms with Gasteiger partial charge in [0.25, 0.3) is 10.0 Å². The quantitative estimate of drug-likeness (QED) is 0.362. The minimum atomic E-state index is -3.85. The van der Waals surface area contributed by atoms with Gasteiger partial charge in [-0.15, -0.1) is 0 Å². The van der Waals surface area contributed by atoms with Gasteiger partial charge >= 0.3 is 5.69 Å². The summed E-state index contributed by atoms with van der Waals surface area (Å²) in [4.78, 5) is 10.1. The second-order valence-corrected chi connectivity index (χ2v) is 6.86. The lowest BCUT2D eigenvalue weighted by atomic mass is 10.3. The van der Waals surface area contributed by atoms with Gasteiger partial charge in [0, 0.05) is 19.2 Å². The first-order valence-corrected chi connectivity index (χ1v) is 7.91. The van der Waals surface area contributed by atoms with Crippen LogP contribution in [0.5, 0.6) is 0 Å². The molecule has 9 nitrogen and oxygen atoms in total. The highest BCUT2D eigenvalue weighted by Gasteiger charge is 2.27. The van der Waals surface area contributed by atoms with E-state index in [-0.39, 0.29) is 21.5 Å². The molecule has 20 heavy (non-hydrogen) atoms. The van der Waals surface area contributed by atoms with Crippen LogP contribution in [-0.4, -0.2) is 33.1 Å². The van der Waals surface area contributed by atoms with Crippen LogP contribution < -0.4 is 16.0 Å². The summed E-state index contributed by atoms with van der Waals surface area (Å²) < 4.78 is 31.4. The lowest BCUT2D eigenvalue weighted by Crippen LogP contribution is -2.37. The van der Waals surface area contributed by atoms with E-state index in [9.17, 15) is 18.5 Å². The maximum atomic E-state index is 12.1. The average Bonchev–Trinajstić information content (AvgIpc) is 2.83. The molecule has 0 fully saturated rings. The maximum Gasteiger partial charge on any atom is 0.306 e. The zero-order valence-electron chi connectivity index (χ0n) is 11.0. The van der Waals surface area contributed by atoms with E-state index in [2.05, 4.69) is 10.1 Å². The summed E-state index contributed by atoms with van der Waals surface area (Å²) in [7, 11) is -2.39. The Hall–Kier alpha value is -1.27. The van der Waals surface area contributed by atoms with Gasteiger partial charge in [0.15, 0.2) is 5.00 Å². The molecule has 1 rings (SSSR count). The van der Waals surface area contributed by atoms with Crippen LogP contribution in [0.15, 0.2) is 10.3 Å². The van der Waals surface area contributed by atoms with Crippen molar-refractivity contribution in [2.45, 2.75) is 23.6 Å². The Kier molecular flexibility index (Phi) is 5.83. The zero-order chi connectivity index (χ0) is 15.3. The van der Waals surface area contributed by atoms with Gasteiger partial charge in [-0.25, -0.2) is 19.0 Å². The summed E-state index contributed by atoms with van der Waals surface area (Å²) in [5, 5.41) is 10.8. The number of nitrogen functional groups attached to an aromatic ring is 1. The topological polar surface area (TPSA) is 137 Å². The number of nitrogens with one attached hydrogen (secondary N) is 2. The SMILES string of the molecule is CCC(COC)NS(=O)(=O)c1cc([N+](=O)[O-])c(NN)s1. The summed E-state index contributed by atoms with van der Waals surface area (Å²) in [5.41, 5.74) is 1.74. The van der Waals surface area contributed by atoms with Crippen LogP contribution in [0.25, 0.3) is 0 Å². The Labute approximate surface area is 120 Å². The van der Waals surface area contributed by atoms with Crippen LogP contribution in [0, 0.1) is 10.1 Å². The molecular formula is C9H16N4O5S2. The predicted octanol–water partition coefficient (Wildman–Crippen LogP) is 0.645. The molecular weight excluding hydrogens is 308 g/mol. The maximum absolute atomic E-state index is 12.1. The first-order chi connectivity index (χ1) is 9.35. The Morgan fingerprint density at radius 3 is 2.65 bits per heavy atom. The van der Waals surface area contributed by atoms with Gasteiger partial charge in [0.05, 0.1) is 11.5 Å². The lowest BCUT2D eigenvalue weighted by Gasteiger charge is -2.14. The molecule has 0 bridgehead atoms. The van der Waals surface area contributed by atoms with E-state index in [1.165, 1.54) is 7.11 Å². The van der Waals surface area contributed by atoms with E-state index in [4.69, 9.17) is 10.6 Å². The Morgan fingerprint density at radius 2 is 2.25 bits per heavy atom. The van der Waals surface area contributed by atoms with Crippen molar-refractivity contribution in [2.75, 3.05) is 19.1 Å². The molecule has 4 N–H and O–H groups in total. The molecule has 11 heteroatoms. The second kappa shape index (κ2) is 6.95. The van der Waals surface area contributed by atoms with Crippen molar-refractivity contribution < 1.29 is 18.1 Å². The van der Waals surface area contributed by atoms with Crippen molar-refractivity contribution >= 4 is 32.0 Å². The number of nitrogens with two attached hydrogens (primary N) is 1. The molecule has 0 amide bonds. The molecule has 0 aliphatic carbocycles. The number of rotatable bonds is 8. The van der Waals surface area contributed by atoms with Crippen LogP contribution in [0.4, 0.5) is 10.7 Å². The Balaban J connectivity index is 3.06. The highest BCUT2D eigenvalue weighted by Crippen LogP contribution is 2.36. The highest BCUT2D eigenvalue weighted by molar-refractivity contribution is 7.91. The van der Waals surface area contributed by atoms with E-state index in [0.29, 0.717) is 17.8 Å². The number of methoxy groups -OCH3 is 1. The Morgan fingerprint density at radius 1 is 1.60 bits per heavy atom. The van der Waals surface area contributed by atoms with Crippen molar-refractivity contribution in [2.24, 2.45) is 5.84 Å². The summed E-state index contributed by atoms with van der Waals surface area (Å²) in [5.74, 6) is 5.14.